The van der Waals surface area contributed by atoms with Gasteiger partial charge in [-0.2, -0.15) is 5.26 Å². The third kappa shape index (κ3) is 27.6. The van der Waals surface area contributed by atoms with E-state index in [0.29, 0.717) is 60.6 Å². The van der Waals surface area contributed by atoms with Gasteiger partial charge >= 0.3 is 11.9 Å². The number of aromatic nitrogens is 1. The quantitative estimate of drug-likeness (QED) is 0.0159. The molecule has 0 unspecified atom stereocenters. The molecule has 37 heteroatoms. The standard InChI is InChI=1S/C73H98N18O17S2/c1-40(75)31-60(95)91(46-15-6-7-16-46)37-59(94)83-53(32-41-20-22-47(92)23-21-41)68(104)89-57-39-110-109-38-56(64(76)100)88-67(103)52(25-27-62(98)99)85-70(106)55(34-45-36-81-49-18-9-8-17-48(45)49)86-66(102)51(24-26-61(96)97)82-58(93)28-30-79-65(101)50(19-10-29-80-73(77)78)84-69(105)54(33-43-13-4-5-14-44(43)35-74)87-72(108)63(90-71(57)107)42-11-2-3-12-42/h4-5,8-9,13-14,17-18,20-23,36,40,42,46,50-57,63,81,92H,2-3,6-7,10-12,15-16,19,24-34,37-39,75H2,1H3,(H2,76,100)(H,79,101)(H,82,93)(H,83,94)(H,84,105)(H,85,106)(H,86,102)(H,87,108)(H,88,103)(H,89,104)(H,90,107)(H,96,97)(H,98,99)(H4,77,78,80)/t40-,50-,51-,52-,53-,54-,55-,56-,57-,63-/m0/s1. The molecular weight excluding hydrogens is 1470 g/mol. The summed E-state index contributed by atoms with van der Waals surface area (Å²) in [5, 5.41) is 77.3. The summed E-state index contributed by atoms with van der Waals surface area (Å²) >= 11 is 0. The van der Waals surface area contributed by atoms with E-state index in [1.54, 1.807) is 55.6 Å². The number of primary amides is 1. The van der Waals surface area contributed by atoms with Crippen LogP contribution in [0.5, 0.6) is 5.75 Å². The first-order valence-corrected chi connectivity index (χ1v) is 38.9. The SMILES string of the molecule is C[C@H](N)CC(=O)N(CC(=O)N[C@@H](Cc1ccc(O)cc1)C(=O)N[C@H]1CSSC[C@@H](C(N)=O)NC(=O)[C@H](CCC(=O)O)NC(=O)[C@H](Cc2c[nH]c3ccccc23)NC(=O)[C@H](CCC(=O)O)NC(=O)CCNC(=O)[C@H](CCCNC(=N)N)NC(=O)[C@H](Cc2ccccc2C#N)NC(=O)[C@H](C2CCCC2)NC1=O)C1CCCC1. The van der Waals surface area contributed by atoms with Gasteiger partial charge < -0.3 is 101 Å². The lowest BCUT2D eigenvalue weighted by Crippen LogP contribution is -2.61. The van der Waals surface area contributed by atoms with Gasteiger partial charge in [-0.25, -0.2) is 0 Å². The molecule has 22 N–H and O–H groups in total. The number of guanidine groups is 1. The highest BCUT2D eigenvalue weighted by Crippen LogP contribution is 2.30. The number of H-pyrrole nitrogens is 1. The van der Waals surface area contributed by atoms with Gasteiger partial charge in [0.05, 0.1) is 18.2 Å². The Morgan fingerprint density at radius 3 is 1.88 bits per heavy atom. The van der Waals surface area contributed by atoms with E-state index in [-0.39, 0.29) is 73.9 Å². The van der Waals surface area contributed by atoms with E-state index >= 15 is 19.2 Å². The van der Waals surface area contributed by atoms with Crippen molar-refractivity contribution in [3.05, 3.63) is 101 Å². The van der Waals surface area contributed by atoms with Gasteiger partial charge in [-0.1, -0.05) is 95.8 Å². The number of phenols is 1. The molecule has 10 atom stereocenters. The molecule has 2 aliphatic carbocycles. The van der Waals surface area contributed by atoms with Gasteiger partial charge in [-0.3, -0.25) is 72.5 Å². The third-order valence-electron chi connectivity index (χ3n) is 19.0. The number of carbonyl (C=O) groups excluding carboxylic acids is 12. The minimum Gasteiger partial charge on any atom is -0.508 e. The predicted molar refractivity (Wildman–Crippen MR) is 405 cm³/mol. The first-order chi connectivity index (χ1) is 52.5. The zero-order valence-corrected chi connectivity index (χ0v) is 62.5. The second-order valence-corrected chi connectivity index (χ2v) is 30.1. The van der Waals surface area contributed by atoms with Crippen molar-refractivity contribution in [2.75, 3.05) is 31.1 Å². The normalized spacial score (nSPS) is 22.1. The van der Waals surface area contributed by atoms with Gasteiger partial charge in [0.25, 0.3) is 0 Å². The highest BCUT2D eigenvalue weighted by molar-refractivity contribution is 8.76. The van der Waals surface area contributed by atoms with Gasteiger partial charge in [-0.15, -0.1) is 0 Å². The molecule has 2 heterocycles. The average molecular weight is 1560 g/mol. The Labute approximate surface area is 642 Å². The maximum absolute atomic E-state index is 15.4. The molecule has 1 saturated heterocycles. The van der Waals surface area contributed by atoms with Crippen LogP contribution in [0, 0.1) is 22.7 Å². The van der Waals surface area contributed by atoms with Crippen molar-refractivity contribution in [2.45, 2.75) is 195 Å². The average Bonchev–Trinajstić information content (AvgIpc) is 1.62. The first-order valence-electron chi connectivity index (χ1n) is 36.5. The van der Waals surface area contributed by atoms with E-state index in [0.717, 1.165) is 34.4 Å². The molecule has 3 aliphatic rings. The Morgan fingerprint density at radius 2 is 1.25 bits per heavy atom. The van der Waals surface area contributed by atoms with Crippen LogP contribution in [0.25, 0.3) is 10.9 Å². The van der Waals surface area contributed by atoms with Crippen LogP contribution in [-0.2, 0) is 86.4 Å². The Morgan fingerprint density at radius 1 is 0.673 bits per heavy atom. The van der Waals surface area contributed by atoms with Crippen molar-refractivity contribution in [1.29, 1.82) is 10.7 Å². The number of carboxylic acids is 2. The number of nitrogens with one attached hydrogen (secondary N) is 13. The van der Waals surface area contributed by atoms with Crippen molar-refractivity contribution in [3.63, 3.8) is 0 Å². The largest absolute Gasteiger partial charge is 0.508 e. The molecule has 1 aliphatic heterocycles. The number of phenolic OH excluding ortho intramolecular Hbond substituents is 1. The molecule has 594 valence electrons. The van der Waals surface area contributed by atoms with Gasteiger partial charge in [0.2, 0.25) is 70.9 Å². The fourth-order valence-corrected chi connectivity index (χ4v) is 15.5. The molecule has 0 radical (unpaired) electrons. The molecule has 7 rings (SSSR count). The summed E-state index contributed by atoms with van der Waals surface area (Å²) in [6, 6.07) is 5.57. The Hall–Kier alpha value is -11.0. The number of aromatic amines is 1. The van der Waals surface area contributed by atoms with Crippen LogP contribution in [0.3, 0.4) is 0 Å². The van der Waals surface area contributed by atoms with Gasteiger partial charge in [0.15, 0.2) is 5.96 Å². The number of rotatable bonds is 26. The molecule has 3 fully saturated rings. The number of nitriles is 1. The van der Waals surface area contributed by atoms with Crippen LogP contribution < -0.4 is 75.7 Å². The fourth-order valence-electron chi connectivity index (χ4n) is 13.2. The van der Waals surface area contributed by atoms with Crippen molar-refractivity contribution in [2.24, 2.45) is 23.1 Å². The second kappa shape index (κ2) is 43.3. The fraction of sp³-hybridized carbons (Fsp3) is 0.507. The van der Waals surface area contributed by atoms with Crippen LogP contribution >= 0.6 is 21.6 Å². The Bertz CT molecular complexity index is 4000. The summed E-state index contributed by atoms with van der Waals surface area (Å²) in [7, 11) is 1.71. The zero-order valence-electron chi connectivity index (χ0n) is 60.9. The number of amides is 12. The molecule has 1 aromatic heterocycles. The lowest BCUT2D eigenvalue weighted by molar-refractivity contribution is -0.139. The number of carboxylic acid groups (broad SMARTS) is 2. The van der Waals surface area contributed by atoms with E-state index in [9.17, 15) is 68.5 Å². The molecule has 12 amide bonds. The Balaban J connectivity index is 1.29. The summed E-state index contributed by atoms with van der Waals surface area (Å²) in [4.78, 5) is 203. The number of hydrogen-bond donors (Lipinski definition) is 19. The topological polar surface area (TPSA) is 577 Å². The van der Waals surface area contributed by atoms with Crippen LogP contribution in [0.15, 0.2) is 79.0 Å². The summed E-state index contributed by atoms with van der Waals surface area (Å²) in [6.07, 6.45) is 2.09. The lowest BCUT2D eigenvalue weighted by atomic mass is 9.95. The molecule has 4 aromatic rings. The van der Waals surface area contributed by atoms with Gasteiger partial charge in [0.1, 0.15) is 60.1 Å². The molecular formula is C73H98N18O17S2. The predicted octanol–water partition coefficient (Wildman–Crippen LogP) is -0.786. The zero-order chi connectivity index (χ0) is 80.0. The Kier molecular flexibility index (Phi) is 33.9. The van der Waals surface area contributed by atoms with Crippen molar-refractivity contribution >= 4 is 121 Å². The minimum atomic E-state index is -1.77. The number of para-hydroxylation sites is 1. The van der Waals surface area contributed by atoms with Crippen LogP contribution in [0.1, 0.15) is 132 Å². The van der Waals surface area contributed by atoms with Crippen LogP contribution in [-0.4, -0.2) is 212 Å². The van der Waals surface area contributed by atoms with E-state index in [1.807, 2.05) is 0 Å². The maximum atomic E-state index is 15.4. The van der Waals surface area contributed by atoms with Crippen molar-refractivity contribution in [3.8, 4) is 11.8 Å². The van der Waals surface area contributed by atoms with Crippen LogP contribution in [0.4, 0.5) is 0 Å². The summed E-state index contributed by atoms with van der Waals surface area (Å²) in [5.74, 6) is -15.9. The van der Waals surface area contributed by atoms with Crippen molar-refractivity contribution < 1.29 is 82.4 Å². The lowest BCUT2D eigenvalue weighted by Gasteiger charge is -2.31. The summed E-state index contributed by atoms with van der Waals surface area (Å²) < 4.78 is 0. The van der Waals surface area contributed by atoms with Crippen molar-refractivity contribution in [1.82, 2.24) is 68.4 Å². The maximum Gasteiger partial charge on any atom is 0.303 e. The number of hydrogen-bond acceptors (Lipinski definition) is 20. The molecule has 35 nitrogen and oxygen atoms in total. The van der Waals surface area contributed by atoms with Gasteiger partial charge in [0, 0.05) is 98.7 Å². The van der Waals surface area contributed by atoms with E-state index in [2.05, 4.69) is 69.5 Å². The highest BCUT2D eigenvalue weighted by atomic mass is 33.1. The van der Waals surface area contributed by atoms with E-state index < -0.39 is 206 Å². The van der Waals surface area contributed by atoms with E-state index in [4.69, 9.17) is 22.6 Å². The number of aliphatic carboxylic acids is 2. The number of benzene rings is 3. The molecule has 3 aromatic carbocycles. The summed E-state index contributed by atoms with van der Waals surface area (Å²) in [5.41, 5.74) is 19.4. The summed E-state index contributed by atoms with van der Waals surface area (Å²) in [6.45, 7) is 0.735. The second-order valence-electron chi connectivity index (χ2n) is 27.5. The van der Waals surface area contributed by atoms with E-state index in [1.165, 1.54) is 35.2 Å². The number of fused-ring (bicyclic) bond motifs is 1. The number of carbonyl (C=O) groups is 14. The molecule has 110 heavy (non-hydrogen) atoms. The number of aromatic hydroxyl groups is 1. The molecule has 2 saturated carbocycles. The molecule has 0 bridgehead atoms. The highest BCUT2D eigenvalue weighted by Gasteiger charge is 2.40. The van der Waals surface area contributed by atoms with Gasteiger partial charge in [-0.05, 0) is 105 Å². The number of nitrogens with zero attached hydrogens (tertiary/aromatic N) is 2. The first kappa shape index (κ1) is 86.2. The third-order valence-corrected chi connectivity index (χ3v) is 21.4. The molecule has 0 spiro atoms. The minimum absolute atomic E-state index is 0.0250. The monoisotopic (exact) mass is 1560 g/mol. The van der Waals surface area contributed by atoms with Crippen LogP contribution in [0.2, 0.25) is 0 Å². The smallest absolute Gasteiger partial charge is 0.303 e. The number of nitrogens with two attached hydrogens (primary N) is 3.